The second kappa shape index (κ2) is 8.28. The summed E-state index contributed by atoms with van der Waals surface area (Å²) in [5.74, 6) is -2.12. The van der Waals surface area contributed by atoms with Gasteiger partial charge in [0.1, 0.15) is 10.7 Å². The molecule has 3 rings (SSSR count). The summed E-state index contributed by atoms with van der Waals surface area (Å²) in [5.41, 5.74) is 0.259. The molecule has 9 heteroatoms. The van der Waals surface area contributed by atoms with Gasteiger partial charge in [0.15, 0.2) is 12.4 Å². The van der Waals surface area contributed by atoms with E-state index in [1.165, 1.54) is 42.7 Å². The molecule has 0 aliphatic carbocycles. The topological polar surface area (TPSA) is 97.6 Å². The zero-order valence-electron chi connectivity index (χ0n) is 13.7. The van der Waals surface area contributed by atoms with Crippen molar-refractivity contribution < 1.29 is 27.9 Å². The average molecular weight is 388 g/mol. The second-order valence-corrected chi connectivity index (χ2v) is 6.31. The fourth-order valence-electron chi connectivity index (χ4n) is 2.06. The van der Waals surface area contributed by atoms with E-state index >= 15 is 0 Å². The Bertz CT molecular complexity index is 968. The molecule has 2 aromatic heterocycles. The maximum absolute atomic E-state index is 13.1. The van der Waals surface area contributed by atoms with Gasteiger partial charge in [0.25, 0.3) is 11.8 Å². The van der Waals surface area contributed by atoms with E-state index in [-0.39, 0.29) is 16.3 Å². The highest BCUT2D eigenvalue weighted by molar-refractivity contribution is 7.18. The van der Waals surface area contributed by atoms with Gasteiger partial charge in [-0.25, -0.2) is 9.18 Å². The lowest BCUT2D eigenvalue weighted by Crippen LogP contribution is -2.20. The fourth-order valence-corrected chi connectivity index (χ4v) is 2.86. The summed E-state index contributed by atoms with van der Waals surface area (Å²) in [5, 5.41) is 5.43. The zero-order chi connectivity index (χ0) is 19.2. The molecule has 0 aliphatic rings. The Kier molecular flexibility index (Phi) is 5.62. The maximum Gasteiger partial charge on any atom is 0.348 e. The van der Waals surface area contributed by atoms with Crippen LogP contribution < -0.4 is 10.6 Å². The number of carbonyl (C=O) groups excluding carboxylic acids is 3. The Morgan fingerprint density at radius 1 is 1.07 bits per heavy atom. The number of amides is 2. The third-order valence-electron chi connectivity index (χ3n) is 3.23. The molecule has 1 aromatic carbocycles. The standard InChI is InChI=1S/C18H13FN2O5S/c19-11-3-1-4-12(9-11)20-15(22)10-26-18(24)14-6-7-16(27-14)21-17(23)13-5-2-8-25-13/h1-9H,10H2,(H,20,22)(H,21,23). The molecule has 0 bridgehead atoms. The van der Waals surface area contributed by atoms with E-state index < -0.39 is 30.2 Å². The van der Waals surface area contributed by atoms with Crippen LogP contribution in [-0.4, -0.2) is 24.4 Å². The monoisotopic (exact) mass is 388 g/mol. The molecule has 2 heterocycles. The molecule has 0 saturated carbocycles. The number of anilines is 2. The minimum Gasteiger partial charge on any atom is -0.459 e. The molecule has 27 heavy (non-hydrogen) atoms. The second-order valence-electron chi connectivity index (χ2n) is 5.23. The van der Waals surface area contributed by atoms with Crippen molar-refractivity contribution in [1.29, 1.82) is 0 Å². The number of esters is 1. The number of furan rings is 1. The molecule has 0 aliphatic heterocycles. The molecular weight excluding hydrogens is 375 g/mol. The van der Waals surface area contributed by atoms with Crippen LogP contribution in [0.2, 0.25) is 0 Å². The number of hydrogen-bond donors (Lipinski definition) is 2. The summed E-state index contributed by atoms with van der Waals surface area (Å²) in [6.45, 7) is -0.526. The number of rotatable bonds is 6. The highest BCUT2D eigenvalue weighted by Crippen LogP contribution is 2.23. The summed E-state index contributed by atoms with van der Waals surface area (Å²) in [4.78, 5) is 35.9. The molecule has 0 spiro atoms. The van der Waals surface area contributed by atoms with Crippen molar-refractivity contribution in [2.24, 2.45) is 0 Å². The van der Waals surface area contributed by atoms with Crippen molar-refractivity contribution in [2.75, 3.05) is 17.2 Å². The summed E-state index contributed by atoms with van der Waals surface area (Å²) in [6.07, 6.45) is 1.38. The van der Waals surface area contributed by atoms with Gasteiger partial charge in [0.2, 0.25) is 0 Å². The number of halogens is 1. The Morgan fingerprint density at radius 2 is 1.93 bits per heavy atom. The smallest absolute Gasteiger partial charge is 0.348 e. The predicted octanol–water partition coefficient (Wildman–Crippen LogP) is 3.53. The Balaban J connectivity index is 1.50. The van der Waals surface area contributed by atoms with Crippen LogP contribution >= 0.6 is 11.3 Å². The predicted molar refractivity (Wildman–Crippen MR) is 96.3 cm³/mol. The van der Waals surface area contributed by atoms with Gasteiger partial charge in [0.05, 0.1) is 11.3 Å². The molecule has 138 valence electrons. The number of carbonyl (C=O) groups is 3. The van der Waals surface area contributed by atoms with Crippen molar-refractivity contribution in [3.63, 3.8) is 0 Å². The lowest BCUT2D eigenvalue weighted by atomic mass is 10.3. The van der Waals surface area contributed by atoms with E-state index in [4.69, 9.17) is 9.15 Å². The number of benzene rings is 1. The molecule has 0 atom stereocenters. The first-order valence-corrected chi connectivity index (χ1v) is 8.50. The highest BCUT2D eigenvalue weighted by Gasteiger charge is 2.15. The van der Waals surface area contributed by atoms with Crippen LogP contribution in [0.5, 0.6) is 0 Å². The van der Waals surface area contributed by atoms with Gasteiger partial charge >= 0.3 is 5.97 Å². The van der Waals surface area contributed by atoms with Crippen molar-refractivity contribution >= 4 is 39.8 Å². The lowest BCUT2D eigenvalue weighted by Gasteiger charge is -2.06. The van der Waals surface area contributed by atoms with Crippen molar-refractivity contribution in [3.05, 3.63) is 71.2 Å². The molecule has 3 aromatic rings. The third kappa shape index (κ3) is 5.02. The summed E-state index contributed by atoms with van der Waals surface area (Å²) >= 11 is 0.995. The van der Waals surface area contributed by atoms with Gasteiger partial charge in [-0.2, -0.15) is 0 Å². The zero-order valence-corrected chi connectivity index (χ0v) is 14.5. The Hall–Kier alpha value is -3.46. The van der Waals surface area contributed by atoms with E-state index in [0.29, 0.717) is 5.00 Å². The van der Waals surface area contributed by atoms with E-state index in [9.17, 15) is 18.8 Å². The number of nitrogens with one attached hydrogen (secondary N) is 2. The minimum absolute atomic E-state index is 0.140. The van der Waals surface area contributed by atoms with E-state index in [2.05, 4.69) is 10.6 Å². The van der Waals surface area contributed by atoms with Crippen LogP contribution in [0.3, 0.4) is 0 Å². The highest BCUT2D eigenvalue weighted by atomic mass is 32.1. The Labute approximate surface area is 156 Å². The Morgan fingerprint density at radius 3 is 2.67 bits per heavy atom. The number of ether oxygens (including phenoxy) is 1. The number of thiophene rings is 1. The van der Waals surface area contributed by atoms with Gasteiger partial charge in [-0.15, -0.1) is 11.3 Å². The molecule has 0 saturated heterocycles. The summed E-state index contributed by atoms with van der Waals surface area (Å²) in [7, 11) is 0. The summed E-state index contributed by atoms with van der Waals surface area (Å²) in [6, 6.07) is 11.4. The van der Waals surface area contributed by atoms with E-state index in [0.717, 1.165) is 17.4 Å². The largest absolute Gasteiger partial charge is 0.459 e. The van der Waals surface area contributed by atoms with Crippen LogP contribution in [0.25, 0.3) is 0 Å². The quantitative estimate of drug-likeness (QED) is 0.630. The molecule has 2 amide bonds. The fraction of sp³-hybridized carbons (Fsp3) is 0.0556. The normalized spacial score (nSPS) is 10.3. The molecule has 0 radical (unpaired) electrons. The van der Waals surface area contributed by atoms with Gasteiger partial charge in [-0.3, -0.25) is 9.59 Å². The van der Waals surface area contributed by atoms with Crippen LogP contribution in [0.15, 0.2) is 59.2 Å². The lowest BCUT2D eigenvalue weighted by molar-refractivity contribution is -0.119. The van der Waals surface area contributed by atoms with Gasteiger partial charge in [0, 0.05) is 5.69 Å². The van der Waals surface area contributed by atoms with Crippen LogP contribution in [0.4, 0.5) is 15.1 Å². The number of hydrogen-bond acceptors (Lipinski definition) is 6. The first-order valence-electron chi connectivity index (χ1n) is 7.68. The van der Waals surface area contributed by atoms with Gasteiger partial charge in [-0.1, -0.05) is 6.07 Å². The van der Waals surface area contributed by atoms with Crippen LogP contribution in [0.1, 0.15) is 20.2 Å². The van der Waals surface area contributed by atoms with Crippen molar-refractivity contribution in [3.8, 4) is 0 Å². The molecule has 7 nitrogen and oxygen atoms in total. The average Bonchev–Trinajstić information content (AvgIpc) is 3.31. The van der Waals surface area contributed by atoms with E-state index in [1.54, 1.807) is 6.07 Å². The summed E-state index contributed by atoms with van der Waals surface area (Å²) < 4.78 is 23.0. The van der Waals surface area contributed by atoms with Gasteiger partial charge < -0.3 is 19.8 Å². The first-order chi connectivity index (χ1) is 13.0. The SMILES string of the molecule is O=C(COC(=O)c1ccc(NC(=O)c2ccco2)s1)Nc1cccc(F)c1. The molecular formula is C18H13FN2O5S. The molecule has 2 N–H and O–H groups in total. The van der Waals surface area contributed by atoms with Crippen molar-refractivity contribution in [2.45, 2.75) is 0 Å². The molecule has 0 unspecified atom stereocenters. The van der Waals surface area contributed by atoms with E-state index in [1.807, 2.05) is 0 Å². The van der Waals surface area contributed by atoms with Crippen molar-refractivity contribution in [1.82, 2.24) is 0 Å². The maximum atomic E-state index is 13.1. The molecule has 0 fully saturated rings. The van der Waals surface area contributed by atoms with Crippen LogP contribution in [-0.2, 0) is 9.53 Å². The minimum atomic E-state index is -0.715. The van der Waals surface area contributed by atoms with Crippen LogP contribution in [0, 0.1) is 5.82 Å². The third-order valence-corrected chi connectivity index (χ3v) is 4.21. The first kappa shape index (κ1) is 18.3. The van der Waals surface area contributed by atoms with Gasteiger partial charge in [-0.05, 0) is 42.5 Å².